The van der Waals surface area contributed by atoms with Crippen molar-refractivity contribution in [2.75, 3.05) is 23.0 Å². The molecule has 0 atom stereocenters. The molecule has 1 aliphatic heterocycles. The molecular formula is C25H23ClN3O6S4-. The van der Waals surface area contributed by atoms with Gasteiger partial charge in [0.05, 0.1) is 42.7 Å². The second-order valence-corrected chi connectivity index (χ2v) is 14.5. The average molecular weight is 625 g/mol. The number of halogens is 1. The lowest BCUT2D eigenvalue weighted by molar-refractivity contribution is -0.668. The molecule has 4 aromatic rings. The quantitative estimate of drug-likeness (QED) is 0.188. The van der Waals surface area contributed by atoms with Crippen LogP contribution >= 0.6 is 34.7 Å². The van der Waals surface area contributed by atoms with Gasteiger partial charge in [0.2, 0.25) is 5.52 Å². The monoisotopic (exact) mass is 624 g/mol. The Balaban J connectivity index is 1.56. The van der Waals surface area contributed by atoms with Gasteiger partial charge in [0.1, 0.15) is 4.70 Å². The van der Waals surface area contributed by atoms with Crippen molar-refractivity contribution in [3.8, 4) is 5.69 Å². The number of hydrogen-bond acceptors (Lipinski definition) is 9. The number of nitrogens with zero attached hydrogens (tertiary/aromatic N) is 3. The maximum Gasteiger partial charge on any atom is 0.265 e. The van der Waals surface area contributed by atoms with Gasteiger partial charge in [0.15, 0.2) is 6.54 Å². The van der Waals surface area contributed by atoms with Crippen LogP contribution in [0.3, 0.4) is 0 Å². The maximum atomic E-state index is 11.3. The summed E-state index contributed by atoms with van der Waals surface area (Å²) in [4.78, 5) is 2.88. The molecule has 0 unspecified atom stereocenters. The molecule has 0 fully saturated rings. The van der Waals surface area contributed by atoms with Gasteiger partial charge in [-0.05, 0) is 48.9 Å². The molecule has 0 spiro atoms. The predicted molar refractivity (Wildman–Crippen MR) is 152 cm³/mol. The SMILES string of the molecule is O=S(=O)([O-])CCCN1/C(=C\c2sc3ccc(-n4cccc4)cc3[n+]2CCCS(=O)(=O)[O-])Sc2ccc(Cl)cc21. The van der Waals surface area contributed by atoms with E-state index in [2.05, 4.69) is 0 Å². The Morgan fingerprint density at radius 1 is 0.949 bits per heavy atom. The van der Waals surface area contributed by atoms with Crippen LogP contribution in [0.2, 0.25) is 5.02 Å². The number of thiazole rings is 1. The van der Waals surface area contributed by atoms with Gasteiger partial charge < -0.3 is 18.6 Å². The van der Waals surface area contributed by atoms with Gasteiger partial charge >= 0.3 is 0 Å². The van der Waals surface area contributed by atoms with Crippen LogP contribution in [-0.4, -0.2) is 48.6 Å². The molecule has 0 N–H and O–H groups in total. The van der Waals surface area contributed by atoms with Crippen LogP contribution in [0.1, 0.15) is 17.8 Å². The molecule has 0 saturated heterocycles. The summed E-state index contributed by atoms with van der Waals surface area (Å²) in [6.45, 7) is 0.609. The zero-order valence-electron chi connectivity index (χ0n) is 20.4. The molecule has 2 aromatic carbocycles. The van der Waals surface area contributed by atoms with E-state index in [1.807, 2.05) is 68.9 Å². The Kier molecular flexibility index (Phi) is 8.11. The Bertz CT molecular complexity index is 1770. The number of thioether (sulfide) groups is 1. The van der Waals surface area contributed by atoms with Crippen LogP contribution in [-0.2, 0) is 26.8 Å². The molecule has 0 amide bonds. The normalized spacial score (nSPS) is 14.9. The standard InChI is InChI=1S/C25H24ClN3O6S4/c26-18-5-7-22-20(15-18)28(11-3-13-38(30,31)32)24(36-22)17-25-29(12-4-14-39(33,34)35)21-16-19(6-8-23(21)37-25)27-9-1-2-10-27/h1-2,5-10,15-17H,3-4,11-14H2,(H-,30,31,32,33,34,35)/p-1. The number of fused-ring (bicyclic) bond motifs is 2. The number of hydrogen-bond donors (Lipinski definition) is 0. The van der Waals surface area contributed by atoms with E-state index in [1.54, 1.807) is 12.1 Å². The van der Waals surface area contributed by atoms with Crippen molar-refractivity contribution in [3.63, 3.8) is 0 Å². The van der Waals surface area contributed by atoms with Crippen molar-refractivity contribution in [2.45, 2.75) is 24.3 Å². The summed E-state index contributed by atoms with van der Waals surface area (Å²) in [5, 5.41) is 2.18. The first kappa shape index (κ1) is 28.1. The van der Waals surface area contributed by atoms with Crippen molar-refractivity contribution in [1.29, 1.82) is 0 Å². The molecule has 0 bridgehead atoms. The van der Waals surface area contributed by atoms with Gasteiger partial charge in [0.25, 0.3) is 5.01 Å². The van der Waals surface area contributed by atoms with Gasteiger partial charge in [-0.2, -0.15) is 4.57 Å². The third-order valence-corrected chi connectivity index (χ3v) is 10.1. The largest absolute Gasteiger partial charge is 0.748 e. The smallest absolute Gasteiger partial charge is 0.265 e. The summed E-state index contributed by atoms with van der Waals surface area (Å²) in [5.41, 5.74) is 2.66. The highest BCUT2D eigenvalue weighted by Gasteiger charge is 2.28. The third-order valence-electron chi connectivity index (χ3n) is 6.11. The number of benzene rings is 2. The fourth-order valence-corrected chi connectivity index (χ4v) is 7.83. The lowest BCUT2D eigenvalue weighted by Gasteiger charge is -2.20. The molecule has 3 heterocycles. The van der Waals surface area contributed by atoms with E-state index in [0.717, 1.165) is 36.5 Å². The maximum absolute atomic E-state index is 11.3. The van der Waals surface area contributed by atoms with Gasteiger partial charge in [0, 0.05) is 52.8 Å². The van der Waals surface area contributed by atoms with Crippen molar-refractivity contribution < 1.29 is 30.5 Å². The minimum absolute atomic E-state index is 0.143. The molecule has 1 aliphatic rings. The molecular weight excluding hydrogens is 602 g/mol. The first-order valence-electron chi connectivity index (χ1n) is 11.9. The summed E-state index contributed by atoms with van der Waals surface area (Å²) in [6.07, 6.45) is 6.13. The summed E-state index contributed by atoms with van der Waals surface area (Å²) >= 11 is 9.28. The van der Waals surface area contributed by atoms with E-state index in [1.165, 1.54) is 23.1 Å². The Hall–Kier alpha value is -2.39. The van der Waals surface area contributed by atoms with Crippen LogP contribution in [0.4, 0.5) is 5.69 Å². The number of aryl methyl sites for hydroxylation is 1. The molecule has 0 aliphatic carbocycles. The van der Waals surface area contributed by atoms with Crippen molar-refractivity contribution in [2.24, 2.45) is 0 Å². The average Bonchev–Trinajstić information content (AvgIpc) is 3.57. The van der Waals surface area contributed by atoms with Gasteiger partial charge in [-0.3, -0.25) is 0 Å². The second-order valence-electron chi connectivity index (χ2n) is 8.91. The topological polar surface area (TPSA) is 126 Å². The minimum atomic E-state index is -4.36. The molecule has 5 rings (SSSR count). The summed E-state index contributed by atoms with van der Waals surface area (Å²) in [5.74, 6) is -0.953. The molecule has 206 valence electrons. The van der Waals surface area contributed by atoms with Gasteiger partial charge in [-0.1, -0.05) is 34.7 Å². The van der Waals surface area contributed by atoms with Crippen LogP contribution in [0.15, 0.2) is 70.8 Å². The van der Waals surface area contributed by atoms with E-state index in [0.29, 0.717) is 18.1 Å². The third kappa shape index (κ3) is 6.85. The molecule has 14 heteroatoms. The first-order valence-corrected chi connectivity index (χ1v) is 17.1. The van der Waals surface area contributed by atoms with Crippen molar-refractivity contribution >= 4 is 76.9 Å². The van der Waals surface area contributed by atoms with E-state index < -0.39 is 31.7 Å². The number of aromatic nitrogens is 2. The highest BCUT2D eigenvalue weighted by Crippen LogP contribution is 2.48. The highest BCUT2D eigenvalue weighted by molar-refractivity contribution is 8.04. The summed E-state index contributed by atoms with van der Waals surface area (Å²) in [6, 6.07) is 15.4. The fourth-order valence-electron chi connectivity index (χ4n) is 4.41. The van der Waals surface area contributed by atoms with E-state index >= 15 is 0 Å². The summed E-state index contributed by atoms with van der Waals surface area (Å²) in [7, 11) is -8.71. The summed E-state index contributed by atoms with van der Waals surface area (Å²) < 4.78 is 72.5. The van der Waals surface area contributed by atoms with Gasteiger partial charge in [-0.15, -0.1) is 0 Å². The lowest BCUT2D eigenvalue weighted by Crippen LogP contribution is -2.36. The van der Waals surface area contributed by atoms with Crippen LogP contribution < -0.4 is 9.47 Å². The minimum Gasteiger partial charge on any atom is -0.748 e. The fraction of sp³-hybridized carbons (Fsp3) is 0.240. The second kappa shape index (κ2) is 11.2. The molecule has 39 heavy (non-hydrogen) atoms. The molecule has 9 nitrogen and oxygen atoms in total. The van der Waals surface area contributed by atoms with E-state index in [4.69, 9.17) is 11.6 Å². The number of anilines is 1. The Labute approximate surface area is 239 Å². The molecule has 0 saturated carbocycles. The first-order chi connectivity index (χ1) is 18.5. The van der Waals surface area contributed by atoms with E-state index in [-0.39, 0.29) is 12.8 Å². The Morgan fingerprint density at radius 3 is 2.38 bits per heavy atom. The lowest BCUT2D eigenvalue weighted by atomic mass is 10.2. The van der Waals surface area contributed by atoms with Gasteiger partial charge in [-0.25, -0.2) is 16.8 Å². The Morgan fingerprint density at radius 2 is 1.67 bits per heavy atom. The zero-order chi connectivity index (χ0) is 27.8. The highest BCUT2D eigenvalue weighted by atomic mass is 35.5. The van der Waals surface area contributed by atoms with Crippen LogP contribution in [0.25, 0.3) is 22.0 Å². The number of rotatable bonds is 10. The van der Waals surface area contributed by atoms with Crippen LogP contribution in [0, 0.1) is 0 Å². The molecule has 2 aromatic heterocycles. The van der Waals surface area contributed by atoms with Crippen molar-refractivity contribution in [1.82, 2.24) is 4.57 Å². The van der Waals surface area contributed by atoms with Crippen molar-refractivity contribution in [3.05, 3.63) is 76.0 Å². The van der Waals surface area contributed by atoms with Crippen LogP contribution in [0.5, 0.6) is 0 Å². The predicted octanol–water partition coefficient (Wildman–Crippen LogP) is 4.41. The molecule has 0 radical (unpaired) electrons. The zero-order valence-corrected chi connectivity index (χ0v) is 24.4. The van der Waals surface area contributed by atoms with E-state index in [9.17, 15) is 25.9 Å².